The predicted molar refractivity (Wildman–Crippen MR) is 59.5 cm³/mol. The SMILES string of the molecule is CCC(C(=O)OC)C(C)CCCCCl. The molecule has 0 aliphatic heterocycles. The number of hydrogen-bond acceptors (Lipinski definition) is 2. The molecule has 0 fully saturated rings. The fourth-order valence-corrected chi connectivity index (χ4v) is 1.90. The normalized spacial score (nSPS) is 14.9. The molecule has 2 atom stereocenters. The minimum absolute atomic E-state index is 0.0512. The first kappa shape index (κ1) is 13.8. The van der Waals surface area contributed by atoms with Crippen LogP contribution in [0, 0.1) is 11.8 Å². The number of carbonyl (C=O) groups is 1. The maximum absolute atomic E-state index is 11.4. The Balaban J connectivity index is 3.91. The van der Waals surface area contributed by atoms with Crippen molar-refractivity contribution in [2.24, 2.45) is 11.8 Å². The Kier molecular flexibility index (Phi) is 7.96. The van der Waals surface area contributed by atoms with E-state index in [2.05, 4.69) is 6.92 Å². The number of hydrogen-bond donors (Lipinski definition) is 0. The molecular formula is C11H21ClO2. The molecule has 0 saturated carbocycles. The maximum atomic E-state index is 11.4. The number of halogens is 1. The van der Waals surface area contributed by atoms with Crippen LogP contribution in [-0.2, 0) is 9.53 Å². The summed E-state index contributed by atoms with van der Waals surface area (Å²) in [5.41, 5.74) is 0. The van der Waals surface area contributed by atoms with Crippen molar-refractivity contribution in [3.8, 4) is 0 Å². The molecule has 14 heavy (non-hydrogen) atoms. The Morgan fingerprint density at radius 1 is 1.43 bits per heavy atom. The molecule has 0 rings (SSSR count). The number of carbonyl (C=O) groups excluding carboxylic acids is 1. The molecule has 0 amide bonds. The van der Waals surface area contributed by atoms with Crippen molar-refractivity contribution < 1.29 is 9.53 Å². The van der Waals surface area contributed by atoms with Crippen molar-refractivity contribution in [2.45, 2.75) is 39.5 Å². The van der Waals surface area contributed by atoms with E-state index in [1.807, 2.05) is 6.92 Å². The van der Waals surface area contributed by atoms with E-state index in [9.17, 15) is 4.79 Å². The lowest BCUT2D eigenvalue weighted by Gasteiger charge is -2.19. The second-order valence-electron chi connectivity index (χ2n) is 3.70. The Labute approximate surface area is 92.0 Å². The third kappa shape index (κ3) is 4.85. The van der Waals surface area contributed by atoms with Crippen LogP contribution >= 0.6 is 11.6 Å². The van der Waals surface area contributed by atoms with Crippen LogP contribution in [0.1, 0.15) is 39.5 Å². The fraction of sp³-hybridized carbons (Fsp3) is 0.909. The van der Waals surface area contributed by atoms with Gasteiger partial charge < -0.3 is 4.74 Å². The molecule has 0 aliphatic carbocycles. The minimum Gasteiger partial charge on any atom is -0.469 e. The lowest BCUT2D eigenvalue weighted by molar-refractivity contribution is -0.147. The van der Waals surface area contributed by atoms with Crippen molar-refractivity contribution in [1.29, 1.82) is 0 Å². The summed E-state index contributed by atoms with van der Waals surface area (Å²) in [5.74, 6) is 1.08. The van der Waals surface area contributed by atoms with Gasteiger partial charge in [-0.1, -0.05) is 20.3 Å². The quantitative estimate of drug-likeness (QED) is 0.374. The number of methoxy groups -OCH3 is 1. The molecule has 0 spiro atoms. The third-order valence-corrected chi connectivity index (χ3v) is 2.94. The molecular weight excluding hydrogens is 200 g/mol. The highest BCUT2D eigenvalue weighted by Gasteiger charge is 2.23. The van der Waals surface area contributed by atoms with E-state index >= 15 is 0 Å². The third-order valence-electron chi connectivity index (χ3n) is 2.67. The zero-order valence-corrected chi connectivity index (χ0v) is 10.1. The standard InChI is InChI=1S/C11H21ClO2/c1-4-10(11(13)14-3)9(2)7-5-6-8-12/h9-10H,4-8H2,1-3H3. The smallest absolute Gasteiger partial charge is 0.308 e. The predicted octanol–water partition coefficient (Wildman–Crippen LogP) is 3.23. The van der Waals surface area contributed by atoms with Crippen LogP contribution in [0.25, 0.3) is 0 Å². The van der Waals surface area contributed by atoms with Gasteiger partial charge in [-0.15, -0.1) is 11.6 Å². The average Bonchev–Trinajstić information content (AvgIpc) is 2.19. The summed E-state index contributed by atoms with van der Waals surface area (Å²) < 4.78 is 4.77. The fourth-order valence-electron chi connectivity index (χ4n) is 1.71. The van der Waals surface area contributed by atoms with Gasteiger partial charge in [-0.25, -0.2) is 0 Å². The van der Waals surface area contributed by atoms with E-state index in [-0.39, 0.29) is 11.9 Å². The van der Waals surface area contributed by atoms with Gasteiger partial charge in [0.2, 0.25) is 0 Å². The second kappa shape index (κ2) is 8.10. The van der Waals surface area contributed by atoms with Gasteiger partial charge in [0.1, 0.15) is 0 Å². The number of unbranched alkanes of at least 4 members (excludes halogenated alkanes) is 1. The molecule has 2 nitrogen and oxygen atoms in total. The largest absolute Gasteiger partial charge is 0.469 e. The van der Waals surface area contributed by atoms with E-state index < -0.39 is 0 Å². The summed E-state index contributed by atoms with van der Waals surface area (Å²) in [4.78, 5) is 11.4. The minimum atomic E-state index is -0.0779. The van der Waals surface area contributed by atoms with Gasteiger partial charge in [0, 0.05) is 5.88 Å². The summed E-state index contributed by atoms with van der Waals surface area (Å²) >= 11 is 5.60. The molecule has 0 radical (unpaired) electrons. The molecule has 0 aliphatic rings. The van der Waals surface area contributed by atoms with Gasteiger partial charge in [0.15, 0.2) is 0 Å². The van der Waals surface area contributed by atoms with Crippen LogP contribution < -0.4 is 0 Å². The molecule has 3 heteroatoms. The van der Waals surface area contributed by atoms with Crippen molar-refractivity contribution in [3.05, 3.63) is 0 Å². The lowest BCUT2D eigenvalue weighted by Crippen LogP contribution is -2.22. The van der Waals surface area contributed by atoms with Crippen LogP contribution in [0.2, 0.25) is 0 Å². The van der Waals surface area contributed by atoms with Crippen LogP contribution in [0.5, 0.6) is 0 Å². The van der Waals surface area contributed by atoms with E-state index in [4.69, 9.17) is 16.3 Å². The molecule has 0 saturated heterocycles. The van der Waals surface area contributed by atoms with Gasteiger partial charge in [0.05, 0.1) is 13.0 Å². The molecule has 0 heterocycles. The second-order valence-corrected chi connectivity index (χ2v) is 4.08. The number of esters is 1. The highest BCUT2D eigenvalue weighted by Crippen LogP contribution is 2.22. The maximum Gasteiger partial charge on any atom is 0.308 e. The molecule has 0 bridgehead atoms. The Morgan fingerprint density at radius 3 is 2.50 bits per heavy atom. The molecule has 0 N–H and O–H groups in total. The first-order valence-corrected chi connectivity index (χ1v) is 5.84. The van der Waals surface area contributed by atoms with Crippen LogP contribution in [-0.4, -0.2) is 19.0 Å². The van der Waals surface area contributed by atoms with Crippen molar-refractivity contribution >= 4 is 17.6 Å². The zero-order chi connectivity index (χ0) is 11.0. The summed E-state index contributed by atoms with van der Waals surface area (Å²) in [6, 6.07) is 0. The first-order valence-electron chi connectivity index (χ1n) is 5.31. The van der Waals surface area contributed by atoms with Gasteiger partial charge in [-0.2, -0.15) is 0 Å². The van der Waals surface area contributed by atoms with E-state index in [1.54, 1.807) is 0 Å². The summed E-state index contributed by atoms with van der Waals surface area (Å²) in [6.45, 7) is 4.14. The van der Waals surface area contributed by atoms with Gasteiger partial charge in [-0.3, -0.25) is 4.79 Å². The van der Waals surface area contributed by atoms with Gasteiger partial charge in [-0.05, 0) is 25.2 Å². The summed E-state index contributed by atoms with van der Waals surface area (Å²) in [6.07, 6.45) is 4.04. The zero-order valence-electron chi connectivity index (χ0n) is 9.38. The monoisotopic (exact) mass is 220 g/mol. The Hall–Kier alpha value is -0.240. The Bertz CT molecular complexity index is 159. The van der Waals surface area contributed by atoms with E-state index in [0.717, 1.165) is 25.7 Å². The van der Waals surface area contributed by atoms with E-state index in [1.165, 1.54) is 7.11 Å². The van der Waals surface area contributed by atoms with Gasteiger partial charge in [0.25, 0.3) is 0 Å². The summed E-state index contributed by atoms with van der Waals surface area (Å²) in [5, 5.41) is 0. The van der Waals surface area contributed by atoms with Crippen molar-refractivity contribution in [1.82, 2.24) is 0 Å². The molecule has 0 aromatic heterocycles. The number of rotatable bonds is 7. The highest BCUT2D eigenvalue weighted by molar-refractivity contribution is 6.17. The average molecular weight is 221 g/mol. The van der Waals surface area contributed by atoms with E-state index in [0.29, 0.717) is 11.8 Å². The molecule has 0 aromatic carbocycles. The molecule has 84 valence electrons. The number of alkyl halides is 1. The van der Waals surface area contributed by atoms with Crippen molar-refractivity contribution in [3.63, 3.8) is 0 Å². The highest BCUT2D eigenvalue weighted by atomic mass is 35.5. The lowest BCUT2D eigenvalue weighted by atomic mass is 9.88. The topological polar surface area (TPSA) is 26.3 Å². The molecule has 0 aromatic rings. The Morgan fingerprint density at radius 2 is 2.07 bits per heavy atom. The van der Waals surface area contributed by atoms with Crippen molar-refractivity contribution in [2.75, 3.05) is 13.0 Å². The van der Waals surface area contributed by atoms with Crippen LogP contribution in [0.4, 0.5) is 0 Å². The number of ether oxygens (including phenoxy) is 1. The molecule has 2 unspecified atom stereocenters. The summed E-state index contributed by atoms with van der Waals surface area (Å²) in [7, 11) is 1.45. The van der Waals surface area contributed by atoms with Crippen LogP contribution in [0.15, 0.2) is 0 Å². The first-order chi connectivity index (χ1) is 6.67. The van der Waals surface area contributed by atoms with Gasteiger partial charge >= 0.3 is 5.97 Å². The van der Waals surface area contributed by atoms with Crippen LogP contribution in [0.3, 0.4) is 0 Å².